The van der Waals surface area contributed by atoms with E-state index in [4.69, 9.17) is 4.55 Å². The molecule has 0 aliphatic heterocycles. The van der Waals surface area contributed by atoms with E-state index in [1.807, 2.05) is 0 Å². The molecule has 0 heterocycles. The van der Waals surface area contributed by atoms with Crippen molar-refractivity contribution < 1.29 is 30.1 Å². The molecular weight excluding hydrogens is 243 g/mol. The summed E-state index contributed by atoms with van der Waals surface area (Å²) in [7, 11) is -9.32. The van der Waals surface area contributed by atoms with Crippen LogP contribution in [0, 0.1) is 0 Å². The number of hydrogen-bond donors (Lipinski definition) is 1. The fraction of sp³-hybridized carbons (Fsp3) is 1.00. The van der Waals surface area contributed by atoms with Crippen LogP contribution in [0.25, 0.3) is 0 Å². The molecule has 0 saturated heterocycles. The third-order valence-corrected chi connectivity index (χ3v) is 3.20. The van der Waals surface area contributed by atoms with Gasteiger partial charge in [-0.25, -0.2) is 4.18 Å². The number of rotatable bonds is 5. The summed E-state index contributed by atoms with van der Waals surface area (Å²) >= 11 is 0. The van der Waals surface area contributed by atoms with Crippen LogP contribution in [0.1, 0.15) is 0 Å². The van der Waals surface area contributed by atoms with Gasteiger partial charge in [0.1, 0.15) is 0 Å². The maximum Gasteiger partial charge on any atom is 0.294 e. The smallest absolute Gasteiger partial charge is 0.283 e. The SMILES string of the molecule is CS(=O)(=O)OC(CP=O)S(=O)(=O)O. The van der Waals surface area contributed by atoms with E-state index in [0.717, 1.165) is 0 Å². The normalized spacial score (nSPS) is 15.8. The molecule has 10 heteroatoms. The molecule has 0 radical (unpaired) electrons. The Morgan fingerprint density at radius 1 is 1.38 bits per heavy atom. The van der Waals surface area contributed by atoms with Gasteiger partial charge < -0.3 is 0 Å². The predicted octanol–water partition coefficient (Wildman–Crippen LogP) is -0.532. The highest BCUT2D eigenvalue weighted by Gasteiger charge is 2.27. The molecule has 0 amide bonds. The average molecular weight is 250 g/mol. The van der Waals surface area contributed by atoms with Crippen LogP contribution >= 0.6 is 8.46 Å². The molecule has 1 unspecified atom stereocenters. The molecule has 0 fully saturated rings. The molecule has 0 aliphatic carbocycles. The Balaban J connectivity index is 4.75. The van der Waals surface area contributed by atoms with Crippen LogP contribution in [0.5, 0.6) is 0 Å². The van der Waals surface area contributed by atoms with E-state index in [2.05, 4.69) is 4.18 Å². The summed E-state index contributed by atoms with van der Waals surface area (Å²) in [5.41, 5.74) is -2.01. The Bertz CT molecular complexity index is 367. The predicted molar refractivity (Wildman–Crippen MR) is 43.7 cm³/mol. The summed E-state index contributed by atoms with van der Waals surface area (Å²) in [6.45, 7) is 0. The standard InChI is InChI=1S/C3H7O7PS2/c1-12(5,6)10-3(2-11-4)13(7,8)9/h3H,2H2,1H3,(H,7,8,9). The van der Waals surface area contributed by atoms with Crippen molar-refractivity contribution in [2.45, 2.75) is 5.44 Å². The van der Waals surface area contributed by atoms with Crippen molar-refractivity contribution in [1.29, 1.82) is 0 Å². The largest absolute Gasteiger partial charge is 0.294 e. The highest BCUT2D eigenvalue weighted by atomic mass is 32.2. The Morgan fingerprint density at radius 3 is 2.08 bits per heavy atom. The average Bonchev–Trinajstić information content (AvgIpc) is 1.81. The van der Waals surface area contributed by atoms with Gasteiger partial charge in [-0.3, -0.25) is 9.12 Å². The topological polar surface area (TPSA) is 115 Å². The van der Waals surface area contributed by atoms with Gasteiger partial charge in [-0.15, -0.1) is 0 Å². The summed E-state index contributed by atoms with van der Waals surface area (Å²) in [6, 6.07) is 0. The monoisotopic (exact) mass is 250 g/mol. The minimum atomic E-state index is -4.67. The van der Waals surface area contributed by atoms with Crippen LogP contribution in [-0.2, 0) is 29.0 Å². The summed E-state index contributed by atoms with van der Waals surface area (Å²) in [4.78, 5) is 0. The number of hydrogen-bond acceptors (Lipinski definition) is 6. The van der Waals surface area contributed by atoms with Crippen LogP contribution in [0.4, 0.5) is 0 Å². The maximum atomic E-state index is 10.5. The Labute approximate surface area is 77.2 Å². The van der Waals surface area contributed by atoms with Gasteiger partial charge in [-0.05, 0) is 0 Å². The van der Waals surface area contributed by atoms with E-state index in [0.29, 0.717) is 6.26 Å². The van der Waals surface area contributed by atoms with Crippen molar-refractivity contribution in [2.24, 2.45) is 0 Å². The molecule has 1 N–H and O–H groups in total. The third-order valence-electron chi connectivity index (χ3n) is 0.838. The van der Waals surface area contributed by atoms with Crippen molar-refractivity contribution in [3.63, 3.8) is 0 Å². The van der Waals surface area contributed by atoms with Crippen LogP contribution in [0.3, 0.4) is 0 Å². The van der Waals surface area contributed by atoms with Gasteiger partial charge >= 0.3 is 0 Å². The van der Waals surface area contributed by atoms with Crippen LogP contribution in [0.15, 0.2) is 0 Å². The zero-order valence-electron chi connectivity index (χ0n) is 6.44. The second kappa shape index (κ2) is 4.43. The minimum Gasteiger partial charge on any atom is -0.283 e. The third kappa shape index (κ3) is 6.05. The molecule has 0 aromatic heterocycles. The van der Waals surface area contributed by atoms with Gasteiger partial charge in [0.25, 0.3) is 20.2 Å². The van der Waals surface area contributed by atoms with Crippen LogP contribution in [-0.4, -0.2) is 39.2 Å². The van der Waals surface area contributed by atoms with Gasteiger partial charge in [0.2, 0.25) is 5.44 Å². The Hall–Kier alpha value is -0.0800. The summed E-state index contributed by atoms with van der Waals surface area (Å²) in [5, 5.41) is 0. The van der Waals surface area contributed by atoms with Gasteiger partial charge in [-0.1, -0.05) is 0 Å². The summed E-state index contributed by atoms with van der Waals surface area (Å²) in [5.74, 6) is 0. The zero-order valence-corrected chi connectivity index (χ0v) is 8.97. The second-order valence-electron chi connectivity index (χ2n) is 2.06. The van der Waals surface area contributed by atoms with Gasteiger partial charge in [0.15, 0.2) is 8.46 Å². The molecular formula is C3H7O7PS2. The lowest BCUT2D eigenvalue weighted by Crippen LogP contribution is -2.28. The molecule has 0 rings (SSSR count). The van der Waals surface area contributed by atoms with E-state index >= 15 is 0 Å². The maximum absolute atomic E-state index is 10.5. The first kappa shape index (κ1) is 12.9. The van der Waals surface area contributed by atoms with Crippen LogP contribution < -0.4 is 0 Å². The van der Waals surface area contributed by atoms with Gasteiger partial charge in [0.05, 0.1) is 12.4 Å². The molecule has 0 bridgehead atoms. The Morgan fingerprint density at radius 2 is 1.85 bits per heavy atom. The molecule has 0 saturated carbocycles. The van der Waals surface area contributed by atoms with E-state index in [1.54, 1.807) is 0 Å². The Kier molecular flexibility index (Phi) is 4.40. The lowest BCUT2D eigenvalue weighted by atomic mass is 10.9. The van der Waals surface area contributed by atoms with E-state index in [1.165, 1.54) is 0 Å². The lowest BCUT2D eigenvalue weighted by Gasteiger charge is -2.08. The highest BCUT2D eigenvalue weighted by Crippen LogP contribution is 2.10. The lowest BCUT2D eigenvalue weighted by molar-refractivity contribution is 0.283. The highest BCUT2D eigenvalue weighted by molar-refractivity contribution is 7.89. The first-order chi connectivity index (χ1) is 5.67. The first-order valence-electron chi connectivity index (χ1n) is 2.80. The van der Waals surface area contributed by atoms with Crippen molar-refractivity contribution in [1.82, 2.24) is 0 Å². The van der Waals surface area contributed by atoms with Gasteiger partial charge in [-0.2, -0.15) is 16.8 Å². The molecule has 78 valence electrons. The molecule has 0 aliphatic rings. The second-order valence-corrected chi connectivity index (χ2v) is 5.84. The van der Waals surface area contributed by atoms with Crippen molar-refractivity contribution >= 4 is 28.7 Å². The van der Waals surface area contributed by atoms with Crippen molar-refractivity contribution in [2.75, 3.05) is 12.4 Å². The summed E-state index contributed by atoms with van der Waals surface area (Å²) < 4.78 is 64.1. The molecule has 13 heavy (non-hydrogen) atoms. The van der Waals surface area contributed by atoms with E-state index < -0.39 is 40.3 Å². The van der Waals surface area contributed by atoms with E-state index in [-0.39, 0.29) is 0 Å². The fourth-order valence-corrected chi connectivity index (χ4v) is 2.95. The first-order valence-corrected chi connectivity index (χ1v) is 7.12. The minimum absolute atomic E-state index is 0.618. The molecule has 7 nitrogen and oxygen atoms in total. The van der Waals surface area contributed by atoms with Crippen molar-refractivity contribution in [3.8, 4) is 0 Å². The van der Waals surface area contributed by atoms with Gasteiger partial charge in [0, 0.05) is 0 Å². The molecule has 1 atom stereocenters. The van der Waals surface area contributed by atoms with Crippen LogP contribution in [0.2, 0.25) is 0 Å². The zero-order chi connectivity index (χ0) is 10.7. The fourth-order valence-electron chi connectivity index (χ4n) is 0.430. The van der Waals surface area contributed by atoms with E-state index in [9.17, 15) is 21.4 Å². The molecule has 0 spiro atoms. The molecule has 0 aromatic rings. The van der Waals surface area contributed by atoms with Crippen molar-refractivity contribution in [3.05, 3.63) is 0 Å². The summed E-state index contributed by atoms with van der Waals surface area (Å²) in [6.07, 6.45) is -0.0290. The molecule has 0 aromatic carbocycles. The quantitative estimate of drug-likeness (QED) is 0.396.